The Morgan fingerprint density at radius 1 is 0.867 bits per heavy atom. The van der Waals surface area contributed by atoms with Gasteiger partial charge in [0, 0.05) is 16.1 Å². The van der Waals surface area contributed by atoms with E-state index in [9.17, 15) is 9.59 Å². The van der Waals surface area contributed by atoms with Crippen molar-refractivity contribution in [1.29, 1.82) is 0 Å². The number of carbonyl (C=O) groups is 2. The fraction of sp³-hybridized carbons (Fsp3) is 0.217. The van der Waals surface area contributed by atoms with E-state index in [1.54, 1.807) is 18.2 Å². The first-order chi connectivity index (χ1) is 14.7. The van der Waals surface area contributed by atoms with Gasteiger partial charge in [0.1, 0.15) is 5.00 Å². The molecule has 2 aliphatic rings. The second-order valence-corrected chi connectivity index (χ2v) is 8.36. The van der Waals surface area contributed by atoms with Crippen LogP contribution in [0, 0.1) is 0 Å². The van der Waals surface area contributed by atoms with Gasteiger partial charge in [-0.2, -0.15) is 0 Å². The van der Waals surface area contributed by atoms with E-state index in [-0.39, 0.29) is 18.6 Å². The van der Waals surface area contributed by atoms with Crippen LogP contribution >= 0.6 is 11.3 Å². The monoisotopic (exact) mass is 420 g/mol. The molecule has 152 valence electrons. The molecule has 7 heteroatoms. The number of aryl methyl sites for hydroxylation is 1. The van der Waals surface area contributed by atoms with Crippen LogP contribution in [0.5, 0.6) is 11.5 Å². The van der Waals surface area contributed by atoms with Crippen LogP contribution in [0.25, 0.3) is 0 Å². The summed E-state index contributed by atoms with van der Waals surface area (Å²) in [6.07, 6.45) is 3.93. The Kier molecular flexibility index (Phi) is 4.88. The van der Waals surface area contributed by atoms with E-state index in [1.165, 1.54) is 16.2 Å². The van der Waals surface area contributed by atoms with Crippen LogP contribution in [0.4, 0.5) is 10.7 Å². The lowest BCUT2D eigenvalue weighted by Crippen LogP contribution is -2.18. The third kappa shape index (κ3) is 3.52. The largest absolute Gasteiger partial charge is 0.454 e. The molecular weight excluding hydrogens is 400 g/mol. The maximum absolute atomic E-state index is 13.1. The molecule has 2 amide bonds. The summed E-state index contributed by atoms with van der Waals surface area (Å²) < 4.78 is 10.7. The predicted molar refractivity (Wildman–Crippen MR) is 116 cm³/mol. The third-order valence-corrected chi connectivity index (χ3v) is 6.50. The Balaban J connectivity index is 1.45. The first-order valence-electron chi connectivity index (χ1n) is 9.91. The number of ether oxygens (including phenoxy) is 2. The van der Waals surface area contributed by atoms with Crippen LogP contribution in [-0.4, -0.2) is 18.6 Å². The second-order valence-electron chi connectivity index (χ2n) is 7.26. The zero-order valence-electron chi connectivity index (χ0n) is 16.2. The van der Waals surface area contributed by atoms with E-state index in [1.807, 2.05) is 30.3 Å². The van der Waals surface area contributed by atoms with Crippen molar-refractivity contribution in [2.45, 2.75) is 25.7 Å². The van der Waals surface area contributed by atoms with Gasteiger partial charge in [0.05, 0.1) is 5.56 Å². The molecule has 5 rings (SSSR count). The van der Waals surface area contributed by atoms with E-state index in [0.717, 1.165) is 36.9 Å². The van der Waals surface area contributed by atoms with Gasteiger partial charge in [0.2, 0.25) is 6.79 Å². The SMILES string of the molecule is O=C(Nc1sc2c(c1C(=O)Nc1ccccc1)CCCC2)c1ccc2c(c1)OCO2. The highest BCUT2D eigenvalue weighted by molar-refractivity contribution is 7.17. The molecule has 1 aliphatic carbocycles. The van der Waals surface area contributed by atoms with Crippen molar-refractivity contribution >= 4 is 33.8 Å². The maximum Gasteiger partial charge on any atom is 0.258 e. The number of para-hydroxylation sites is 1. The highest BCUT2D eigenvalue weighted by Crippen LogP contribution is 2.39. The number of rotatable bonds is 4. The summed E-state index contributed by atoms with van der Waals surface area (Å²) in [7, 11) is 0. The van der Waals surface area contributed by atoms with Gasteiger partial charge in [-0.25, -0.2) is 0 Å². The molecule has 6 nitrogen and oxygen atoms in total. The normalized spacial score (nSPS) is 14.1. The topological polar surface area (TPSA) is 76.7 Å². The summed E-state index contributed by atoms with van der Waals surface area (Å²) in [6, 6.07) is 14.4. The Hall–Kier alpha value is -3.32. The van der Waals surface area contributed by atoms with Crippen LogP contribution in [0.1, 0.15) is 44.0 Å². The van der Waals surface area contributed by atoms with Crippen LogP contribution in [-0.2, 0) is 12.8 Å². The van der Waals surface area contributed by atoms with Crippen molar-refractivity contribution in [3.05, 3.63) is 70.1 Å². The summed E-state index contributed by atoms with van der Waals surface area (Å²) in [5.41, 5.74) is 2.82. The van der Waals surface area contributed by atoms with Crippen molar-refractivity contribution in [2.75, 3.05) is 17.4 Å². The number of hydrogen-bond acceptors (Lipinski definition) is 5. The Bertz CT molecular complexity index is 1120. The van der Waals surface area contributed by atoms with Gasteiger partial charge in [-0.05, 0) is 61.6 Å². The molecule has 0 radical (unpaired) electrons. The van der Waals surface area contributed by atoms with E-state index in [0.29, 0.717) is 27.6 Å². The predicted octanol–water partition coefficient (Wildman–Crippen LogP) is 4.86. The molecule has 30 heavy (non-hydrogen) atoms. The quantitative estimate of drug-likeness (QED) is 0.632. The van der Waals surface area contributed by atoms with Gasteiger partial charge < -0.3 is 20.1 Å². The Morgan fingerprint density at radius 3 is 2.53 bits per heavy atom. The molecule has 2 heterocycles. The van der Waals surface area contributed by atoms with Crippen LogP contribution in [0.3, 0.4) is 0 Å². The molecule has 3 aromatic rings. The van der Waals surface area contributed by atoms with Crippen LogP contribution in [0.2, 0.25) is 0 Å². The molecule has 0 atom stereocenters. The van der Waals surface area contributed by atoms with E-state index in [4.69, 9.17) is 9.47 Å². The fourth-order valence-electron chi connectivity index (χ4n) is 3.82. The molecule has 0 bridgehead atoms. The minimum atomic E-state index is -0.277. The highest BCUT2D eigenvalue weighted by atomic mass is 32.1. The molecule has 0 saturated heterocycles. The zero-order valence-corrected chi connectivity index (χ0v) is 17.0. The fourth-order valence-corrected chi connectivity index (χ4v) is 5.10. The Labute approximate surface area is 177 Å². The van der Waals surface area contributed by atoms with Crippen molar-refractivity contribution in [2.24, 2.45) is 0 Å². The molecular formula is C23H20N2O4S. The molecule has 0 saturated carbocycles. The van der Waals surface area contributed by atoms with E-state index in [2.05, 4.69) is 10.6 Å². The number of carbonyl (C=O) groups excluding carboxylic acids is 2. The van der Waals surface area contributed by atoms with Crippen LogP contribution in [0.15, 0.2) is 48.5 Å². The Morgan fingerprint density at radius 2 is 1.67 bits per heavy atom. The third-order valence-electron chi connectivity index (χ3n) is 5.29. The summed E-state index contributed by atoms with van der Waals surface area (Å²) in [5.74, 6) is 0.707. The van der Waals surface area contributed by atoms with Gasteiger partial charge in [0.15, 0.2) is 11.5 Å². The van der Waals surface area contributed by atoms with Crippen molar-refractivity contribution in [3.8, 4) is 11.5 Å². The maximum atomic E-state index is 13.1. The van der Waals surface area contributed by atoms with Crippen LogP contribution < -0.4 is 20.1 Å². The average Bonchev–Trinajstić information content (AvgIpc) is 3.37. The van der Waals surface area contributed by atoms with Gasteiger partial charge in [0.25, 0.3) is 11.8 Å². The number of nitrogens with one attached hydrogen (secondary N) is 2. The standard InChI is InChI=1S/C23H20N2O4S/c26-21(14-10-11-17-18(12-14)29-13-28-17)25-23-20(16-8-4-5-9-19(16)30-23)22(27)24-15-6-2-1-3-7-15/h1-3,6-7,10-12H,4-5,8-9,13H2,(H,24,27)(H,25,26). The summed E-state index contributed by atoms with van der Waals surface area (Å²) in [6.45, 7) is 0.155. The number of thiophene rings is 1. The van der Waals surface area contributed by atoms with E-state index >= 15 is 0 Å². The van der Waals surface area contributed by atoms with Gasteiger partial charge in [-0.15, -0.1) is 11.3 Å². The molecule has 0 unspecified atom stereocenters. The molecule has 0 spiro atoms. The number of benzene rings is 2. The zero-order chi connectivity index (χ0) is 20.5. The number of anilines is 2. The molecule has 2 aromatic carbocycles. The first kappa shape index (κ1) is 18.7. The number of amides is 2. The number of fused-ring (bicyclic) bond motifs is 2. The smallest absolute Gasteiger partial charge is 0.258 e. The lowest BCUT2D eigenvalue weighted by molar-refractivity contribution is 0.102. The summed E-state index contributed by atoms with van der Waals surface area (Å²) in [5, 5.41) is 6.52. The minimum Gasteiger partial charge on any atom is -0.454 e. The lowest BCUT2D eigenvalue weighted by Gasteiger charge is -2.13. The molecule has 1 aromatic heterocycles. The lowest BCUT2D eigenvalue weighted by atomic mass is 9.95. The molecule has 2 N–H and O–H groups in total. The average molecular weight is 420 g/mol. The second kappa shape index (κ2) is 7.84. The van der Waals surface area contributed by atoms with Crippen molar-refractivity contribution < 1.29 is 19.1 Å². The molecule has 0 fully saturated rings. The highest BCUT2D eigenvalue weighted by Gasteiger charge is 2.27. The first-order valence-corrected chi connectivity index (χ1v) is 10.7. The number of hydrogen-bond donors (Lipinski definition) is 2. The van der Waals surface area contributed by atoms with E-state index < -0.39 is 0 Å². The van der Waals surface area contributed by atoms with Gasteiger partial charge in [-0.1, -0.05) is 18.2 Å². The summed E-state index contributed by atoms with van der Waals surface area (Å²) in [4.78, 5) is 27.3. The van der Waals surface area contributed by atoms with Crippen molar-refractivity contribution in [1.82, 2.24) is 0 Å². The molecule has 1 aliphatic heterocycles. The summed E-state index contributed by atoms with van der Waals surface area (Å²) >= 11 is 1.50. The van der Waals surface area contributed by atoms with Gasteiger partial charge in [-0.3, -0.25) is 9.59 Å². The van der Waals surface area contributed by atoms with Gasteiger partial charge >= 0.3 is 0 Å². The van der Waals surface area contributed by atoms with Crippen molar-refractivity contribution in [3.63, 3.8) is 0 Å². The minimum absolute atomic E-state index is 0.155.